The van der Waals surface area contributed by atoms with Crippen molar-refractivity contribution in [3.05, 3.63) is 29.8 Å². The normalized spacial score (nSPS) is 12.9. The fourth-order valence-corrected chi connectivity index (χ4v) is 1.29. The van der Waals surface area contributed by atoms with Crippen LogP contribution in [0.4, 0.5) is 0 Å². The van der Waals surface area contributed by atoms with Gasteiger partial charge in [-0.2, -0.15) is 0 Å². The predicted molar refractivity (Wildman–Crippen MR) is 59.8 cm³/mol. The van der Waals surface area contributed by atoms with E-state index in [-0.39, 0.29) is 0 Å². The molecule has 0 aromatic heterocycles. The molecule has 1 atom stereocenters. The SMILES string of the molecule is COc1ccc(C[C@@H](C)N(C)C)cc1. The first-order valence-corrected chi connectivity index (χ1v) is 4.93. The maximum absolute atomic E-state index is 5.11. The molecule has 2 heteroatoms. The minimum Gasteiger partial charge on any atom is -0.497 e. The second-order valence-electron chi connectivity index (χ2n) is 3.86. The van der Waals surface area contributed by atoms with E-state index in [1.807, 2.05) is 12.1 Å². The molecule has 0 aliphatic carbocycles. The molecule has 0 amide bonds. The number of rotatable bonds is 4. The Balaban J connectivity index is 2.59. The smallest absolute Gasteiger partial charge is 0.118 e. The molecule has 0 aliphatic rings. The minimum absolute atomic E-state index is 0.573. The zero-order valence-electron chi connectivity index (χ0n) is 9.45. The summed E-state index contributed by atoms with van der Waals surface area (Å²) in [5.41, 5.74) is 1.35. The monoisotopic (exact) mass is 193 g/mol. The molecule has 1 aromatic carbocycles. The molecule has 0 fully saturated rings. The van der Waals surface area contributed by atoms with Gasteiger partial charge >= 0.3 is 0 Å². The van der Waals surface area contributed by atoms with Gasteiger partial charge in [-0.25, -0.2) is 0 Å². The van der Waals surface area contributed by atoms with Gasteiger partial charge in [-0.05, 0) is 45.1 Å². The number of hydrogen-bond donors (Lipinski definition) is 0. The van der Waals surface area contributed by atoms with Gasteiger partial charge in [-0.1, -0.05) is 12.1 Å². The zero-order valence-corrected chi connectivity index (χ0v) is 9.45. The largest absolute Gasteiger partial charge is 0.497 e. The highest BCUT2D eigenvalue weighted by molar-refractivity contribution is 5.27. The highest BCUT2D eigenvalue weighted by Gasteiger charge is 2.05. The van der Waals surface area contributed by atoms with Crippen molar-refractivity contribution in [2.75, 3.05) is 21.2 Å². The maximum atomic E-state index is 5.11. The van der Waals surface area contributed by atoms with Gasteiger partial charge in [0.15, 0.2) is 0 Å². The van der Waals surface area contributed by atoms with Crippen LogP contribution in [0.1, 0.15) is 12.5 Å². The number of nitrogens with zero attached hydrogens (tertiary/aromatic N) is 1. The van der Waals surface area contributed by atoms with Gasteiger partial charge in [0, 0.05) is 6.04 Å². The molecule has 0 heterocycles. The first-order valence-electron chi connectivity index (χ1n) is 4.93. The van der Waals surface area contributed by atoms with Crippen LogP contribution in [0.3, 0.4) is 0 Å². The van der Waals surface area contributed by atoms with E-state index in [9.17, 15) is 0 Å². The van der Waals surface area contributed by atoms with Crippen LogP contribution < -0.4 is 4.74 Å². The van der Waals surface area contributed by atoms with Gasteiger partial charge in [-0.3, -0.25) is 0 Å². The van der Waals surface area contributed by atoms with Crippen LogP contribution in [0.15, 0.2) is 24.3 Å². The Kier molecular flexibility index (Phi) is 3.96. The zero-order chi connectivity index (χ0) is 10.6. The van der Waals surface area contributed by atoms with E-state index in [1.165, 1.54) is 5.56 Å². The fraction of sp³-hybridized carbons (Fsp3) is 0.500. The molecule has 0 bridgehead atoms. The van der Waals surface area contributed by atoms with Crippen LogP contribution in [0.25, 0.3) is 0 Å². The Morgan fingerprint density at radius 3 is 2.21 bits per heavy atom. The van der Waals surface area contributed by atoms with E-state index >= 15 is 0 Å². The highest BCUT2D eigenvalue weighted by atomic mass is 16.5. The summed E-state index contributed by atoms with van der Waals surface area (Å²) in [6, 6.07) is 8.84. The third kappa shape index (κ3) is 3.04. The van der Waals surface area contributed by atoms with Crippen molar-refractivity contribution in [3.63, 3.8) is 0 Å². The molecule has 0 unspecified atom stereocenters. The van der Waals surface area contributed by atoms with Gasteiger partial charge in [0.1, 0.15) is 5.75 Å². The lowest BCUT2D eigenvalue weighted by molar-refractivity contribution is 0.312. The summed E-state index contributed by atoms with van der Waals surface area (Å²) in [7, 11) is 5.90. The molecule has 0 N–H and O–H groups in total. The summed E-state index contributed by atoms with van der Waals surface area (Å²) in [4.78, 5) is 2.23. The van der Waals surface area contributed by atoms with Gasteiger partial charge in [-0.15, -0.1) is 0 Å². The van der Waals surface area contributed by atoms with Crippen molar-refractivity contribution in [2.24, 2.45) is 0 Å². The molecule has 0 saturated carbocycles. The summed E-state index contributed by atoms with van der Waals surface area (Å²) in [5, 5.41) is 0. The average Bonchev–Trinajstić information content (AvgIpc) is 2.19. The van der Waals surface area contributed by atoms with E-state index in [4.69, 9.17) is 4.74 Å². The van der Waals surface area contributed by atoms with Crippen molar-refractivity contribution >= 4 is 0 Å². The Morgan fingerprint density at radius 1 is 1.21 bits per heavy atom. The van der Waals surface area contributed by atoms with Crippen molar-refractivity contribution < 1.29 is 4.74 Å². The van der Waals surface area contributed by atoms with Crippen LogP contribution in [0.5, 0.6) is 5.75 Å². The minimum atomic E-state index is 0.573. The molecule has 1 rings (SSSR count). The Bertz CT molecular complexity index is 266. The molecule has 1 aromatic rings. The molecule has 0 saturated heterocycles. The third-order valence-electron chi connectivity index (χ3n) is 2.57. The van der Waals surface area contributed by atoms with Gasteiger partial charge in [0.05, 0.1) is 7.11 Å². The highest BCUT2D eigenvalue weighted by Crippen LogP contribution is 2.13. The molecular weight excluding hydrogens is 174 g/mol. The number of hydrogen-bond acceptors (Lipinski definition) is 2. The van der Waals surface area contributed by atoms with Crippen molar-refractivity contribution in [2.45, 2.75) is 19.4 Å². The van der Waals surface area contributed by atoms with Crippen LogP contribution in [-0.2, 0) is 6.42 Å². The standard InChI is InChI=1S/C12H19NO/c1-10(13(2)3)9-11-5-7-12(14-4)8-6-11/h5-8,10H,9H2,1-4H3/t10-/m1/s1. The summed E-state index contributed by atoms with van der Waals surface area (Å²) in [6.45, 7) is 2.23. The number of methoxy groups -OCH3 is 1. The Labute approximate surface area is 86.5 Å². The van der Waals surface area contributed by atoms with Crippen LogP contribution in [0, 0.1) is 0 Å². The van der Waals surface area contributed by atoms with E-state index in [0.29, 0.717) is 6.04 Å². The second kappa shape index (κ2) is 5.01. The second-order valence-corrected chi connectivity index (χ2v) is 3.86. The molecule has 78 valence electrons. The van der Waals surface area contributed by atoms with Gasteiger partial charge < -0.3 is 9.64 Å². The molecule has 0 radical (unpaired) electrons. The summed E-state index contributed by atoms with van der Waals surface area (Å²) in [5.74, 6) is 0.922. The summed E-state index contributed by atoms with van der Waals surface area (Å²) < 4.78 is 5.11. The quantitative estimate of drug-likeness (QED) is 0.726. The van der Waals surface area contributed by atoms with E-state index in [0.717, 1.165) is 12.2 Å². The lowest BCUT2D eigenvalue weighted by Gasteiger charge is -2.19. The van der Waals surface area contributed by atoms with Crippen LogP contribution in [-0.4, -0.2) is 32.1 Å². The van der Waals surface area contributed by atoms with Gasteiger partial charge in [0.25, 0.3) is 0 Å². The number of ether oxygens (including phenoxy) is 1. The van der Waals surface area contributed by atoms with E-state index < -0.39 is 0 Å². The lowest BCUT2D eigenvalue weighted by Crippen LogP contribution is -2.26. The molecule has 0 spiro atoms. The summed E-state index contributed by atoms with van der Waals surface area (Å²) in [6.07, 6.45) is 1.08. The third-order valence-corrected chi connectivity index (χ3v) is 2.57. The topological polar surface area (TPSA) is 12.5 Å². The Hall–Kier alpha value is -1.02. The number of likely N-dealkylation sites (N-methyl/N-ethyl adjacent to an activating group) is 1. The molecule has 2 nitrogen and oxygen atoms in total. The Morgan fingerprint density at radius 2 is 1.79 bits per heavy atom. The maximum Gasteiger partial charge on any atom is 0.118 e. The van der Waals surface area contributed by atoms with Crippen LogP contribution in [0.2, 0.25) is 0 Å². The lowest BCUT2D eigenvalue weighted by atomic mass is 10.1. The van der Waals surface area contributed by atoms with E-state index in [2.05, 4.69) is 38.1 Å². The van der Waals surface area contributed by atoms with Gasteiger partial charge in [0.2, 0.25) is 0 Å². The van der Waals surface area contributed by atoms with E-state index in [1.54, 1.807) is 7.11 Å². The van der Waals surface area contributed by atoms with Crippen molar-refractivity contribution in [1.29, 1.82) is 0 Å². The fourth-order valence-electron chi connectivity index (χ4n) is 1.29. The predicted octanol–water partition coefficient (Wildman–Crippen LogP) is 2.19. The van der Waals surface area contributed by atoms with Crippen LogP contribution >= 0.6 is 0 Å². The average molecular weight is 193 g/mol. The van der Waals surface area contributed by atoms with Crippen molar-refractivity contribution in [1.82, 2.24) is 4.90 Å². The molecule has 14 heavy (non-hydrogen) atoms. The first-order chi connectivity index (χ1) is 6.63. The summed E-state index contributed by atoms with van der Waals surface area (Å²) >= 11 is 0. The molecular formula is C12H19NO. The molecule has 0 aliphatic heterocycles. The first kappa shape index (κ1) is 11.1. The van der Waals surface area contributed by atoms with Crippen molar-refractivity contribution in [3.8, 4) is 5.75 Å². The number of benzene rings is 1.